The Balaban J connectivity index is 2.33. The molecular formula is C15H28N2O3. The molecule has 0 saturated carbocycles. The van der Waals surface area contributed by atoms with E-state index in [0.29, 0.717) is 18.3 Å². The fraction of sp³-hybridized carbons (Fsp3) is 0.867. The summed E-state index contributed by atoms with van der Waals surface area (Å²) in [6.45, 7) is 8.11. The molecule has 0 aromatic heterocycles. The van der Waals surface area contributed by atoms with Crippen LogP contribution in [-0.4, -0.2) is 36.6 Å². The van der Waals surface area contributed by atoms with Crippen LogP contribution >= 0.6 is 0 Å². The molecule has 0 radical (unpaired) electrons. The number of carboxylic acid groups (broad SMARTS) is 1. The zero-order valence-electron chi connectivity index (χ0n) is 12.8. The van der Waals surface area contributed by atoms with Crippen LogP contribution in [0.3, 0.4) is 0 Å². The third-order valence-corrected chi connectivity index (χ3v) is 4.29. The van der Waals surface area contributed by atoms with Gasteiger partial charge in [-0.05, 0) is 43.7 Å². The highest BCUT2D eigenvalue weighted by molar-refractivity contribution is 5.77. The molecule has 1 fully saturated rings. The van der Waals surface area contributed by atoms with Crippen LogP contribution in [0.15, 0.2) is 0 Å². The van der Waals surface area contributed by atoms with E-state index in [9.17, 15) is 9.59 Å². The molecule has 5 heteroatoms. The summed E-state index contributed by atoms with van der Waals surface area (Å²) in [6, 6.07) is 0. The molecule has 1 aliphatic rings. The number of nitrogens with one attached hydrogen (secondary N) is 2. The Bertz CT molecular complexity index is 325. The quantitative estimate of drug-likeness (QED) is 0.662. The van der Waals surface area contributed by atoms with E-state index in [0.717, 1.165) is 13.1 Å². The molecule has 1 amide bonds. The molecular weight excluding hydrogens is 256 g/mol. The van der Waals surface area contributed by atoms with Crippen molar-refractivity contribution in [1.29, 1.82) is 0 Å². The van der Waals surface area contributed by atoms with Crippen molar-refractivity contribution in [3.8, 4) is 0 Å². The molecule has 3 atom stereocenters. The minimum Gasteiger partial charge on any atom is -0.481 e. The second-order valence-electron chi connectivity index (χ2n) is 6.28. The first-order valence-corrected chi connectivity index (χ1v) is 7.62. The number of amides is 1. The predicted octanol–water partition coefficient (Wildman–Crippen LogP) is 1.49. The van der Waals surface area contributed by atoms with E-state index < -0.39 is 11.9 Å². The van der Waals surface area contributed by atoms with Gasteiger partial charge in [0.15, 0.2) is 0 Å². The van der Waals surface area contributed by atoms with Crippen LogP contribution in [0.25, 0.3) is 0 Å². The first-order chi connectivity index (χ1) is 9.41. The normalized spacial score (nSPS) is 22.3. The number of rotatable bonds is 7. The third kappa shape index (κ3) is 5.49. The standard InChI is InChI=1S/C15H28N2O3/c1-10(2)13(15(19)20)9-17-14(18)7-11(3)12-5-4-6-16-8-12/h10-13,16H,4-9H2,1-3H3,(H,17,18)(H,19,20). The van der Waals surface area contributed by atoms with Crippen molar-refractivity contribution >= 4 is 11.9 Å². The van der Waals surface area contributed by atoms with E-state index in [1.54, 1.807) is 0 Å². The molecule has 0 aromatic rings. The maximum atomic E-state index is 11.9. The average molecular weight is 284 g/mol. The Kier molecular flexibility index (Phi) is 6.99. The molecule has 1 saturated heterocycles. The van der Waals surface area contributed by atoms with Crippen LogP contribution in [0.2, 0.25) is 0 Å². The zero-order chi connectivity index (χ0) is 15.1. The Morgan fingerprint density at radius 2 is 2.05 bits per heavy atom. The largest absolute Gasteiger partial charge is 0.481 e. The monoisotopic (exact) mass is 284 g/mol. The maximum Gasteiger partial charge on any atom is 0.308 e. The predicted molar refractivity (Wildman–Crippen MR) is 78.3 cm³/mol. The van der Waals surface area contributed by atoms with Gasteiger partial charge >= 0.3 is 5.97 Å². The van der Waals surface area contributed by atoms with Gasteiger partial charge in [0.25, 0.3) is 0 Å². The number of piperidine rings is 1. The van der Waals surface area contributed by atoms with Gasteiger partial charge < -0.3 is 15.7 Å². The third-order valence-electron chi connectivity index (χ3n) is 4.29. The molecule has 0 spiro atoms. The average Bonchev–Trinajstić information content (AvgIpc) is 2.39. The Hall–Kier alpha value is -1.10. The minimum atomic E-state index is -0.843. The van der Waals surface area contributed by atoms with E-state index in [1.807, 2.05) is 13.8 Å². The summed E-state index contributed by atoms with van der Waals surface area (Å²) in [7, 11) is 0. The lowest BCUT2D eigenvalue weighted by molar-refractivity contribution is -0.143. The number of carbonyl (C=O) groups is 2. The summed E-state index contributed by atoms with van der Waals surface area (Å²) in [4.78, 5) is 23.0. The van der Waals surface area contributed by atoms with Gasteiger partial charge in [-0.2, -0.15) is 0 Å². The van der Waals surface area contributed by atoms with E-state index >= 15 is 0 Å². The Labute approximate surface area is 121 Å². The van der Waals surface area contributed by atoms with Crippen molar-refractivity contribution in [1.82, 2.24) is 10.6 Å². The lowest BCUT2D eigenvalue weighted by Gasteiger charge is -2.28. The van der Waals surface area contributed by atoms with Crippen LogP contribution in [0.1, 0.15) is 40.0 Å². The summed E-state index contributed by atoms with van der Waals surface area (Å²) in [5, 5.41) is 15.2. The molecule has 0 bridgehead atoms. The molecule has 1 rings (SSSR count). The SMILES string of the molecule is CC(C)C(CNC(=O)CC(C)C1CCCNC1)C(=O)O. The fourth-order valence-electron chi connectivity index (χ4n) is 2.73. The van der Waals surface area contributed by atoms with E-state index in [4.69, 9.17) is 5.11 Å². The number of carbonyl (C=O) groups excluding carboxylic acids is 1. The van der Waals surface area contributed by atoms with Crippen molar-refractivity contribution in [2.24, 2.45) is 23.7 Å². The summed E-state index contributed by atoms with van der Waals surface area (Å²) in [6.07, 6.45) is 2.83. The number of hydrogen-bond acceptors (Lipinski definition) is 3. The van der Waals surface area contributed by atoms with Gasteiger partial charge in [-0.25, -0.2) is 0 Å². The number of carboxylic acids is 1. The van der Waals surface area contributed by atoms with Crippen LogP contribution in [0.4, 0.5) is 0 Å². The molecule has 3 N–H and O–H groups in total. The van der Waals surface area contributed by atoms with Crippen LogP contribution in [0.5, 0.6) is 0 Å². The highest BCUT2D eigenvalue weighted by Crippen LogP contribution is 2.22. The number of aliphatic carboxylic acids is 1. The van der Waals surface area contributed by atoms with E-state index in [1.165, 1.54) is 12.8 Å². The van der Waals surface area contributed by atoms with Gasteiger partial charge in [0.1, 0.15) is 0 Å². The van der Waals surface area contributed by atoms with Gasteiger partial charge in [-0.15, -0.1) is 0 Å². The Morgan fingerprint density at radius 1 is 1.35 bits per heavy atom. The molecule has 5 nitrogen and oxygen atoms in total. The highest BCUT2D eigenvalue weighted by Gasteiger charge is 2.24. The molecule has 1 aliphatic heterocycles. The van der Waals surface area contributed by atoms with Crippen LogP contribution in [0, 0.1) is 23.7 Å². The van der Waals surface area contributed by atoms with Crippen LogP contribution < -0.4 is 10.6 Å². The number of hydrogen-bond donors (Lipinski definition) is 3. The van der Waals surface area contributed by atoms with E-state index in [2.05, 4.69) is 17.6 Å². The van der Waals surface area contributed by atoms with Gasteiger partial charge in [-0.1, -0.05) is 20.8 Å². The lowest BCUT2D eigenvalue weighted by atomic mass is 9.85. The summed E-state index contributed by atoms with van der Waals surface area (Å²) in [5.41, 5.74) is 0. The van der Waals surface area contributed by atoms with Gasteiger partial charge in [0, 0.05) is 13.0 Å². The van der Waals surface area contributed by atoms with Crippen molar-refractivity contribution in [2.45, 2.75) is 40.0 Å². The topological polar surface area (TPSA) is 78.4 Å². The van der Waals surface area contributed by atoms with Crippen LogP contribution in [-0.2, 0) is 9.59 Å². The minimum absolute atomic E-state index is 0.0211. The summed E-state index contributed by atoms with van der Waals surface area (Å²) in [5.74, 6) is -0.474. The molecule has 0 aliphatic carbocycles. The van der Waals surface area contributed by atoms with Crippen molar-refractivity contribution in [2.75, 3.05) is 19.6 Å². The smallest absolute Gasteiger partial charge is 0.308 e. The lowest BCUT2D eigenvalue weighted by Crippen LogP contribution is -2.38. The van der Waals surface area contributed by atoms with Crippen molar-refractivity contribution in [3.63, 3.8) is 0 Å². The maximum absolute atomic E-state index is 11.9. The summed E-state index contributed by atoms with van der Waals surface area (Å²) >= 11 is 0. The van der Waals surface area contributed by atoms with Gasteiger partial charge in [0.2, 0.25) is 5.91 Å². The second-order valence-corrected chi connectivity index (χ2v) is 6.28. The zero-order valence-corrected chi connectivity index (χ0v) is 12.8. The molecule has 3 unspecified atom stereocenters. The first kappa shape index (κ1) is 17.0. The fourth-order valence-corrected chi connectivity index (χ4v) is 2.73. The molecule has 1 heterocycles. The van der Waals surface area contributed by atoms with Crippen molar-refractivity contribution < 1.29 is 14.7 Å². The second kappa shape index (κ2) is 8.25. The van der Waals surface area contributed by atoms with E-state index in [-0.39, 0.29) is 18.4 Å². The highest BCUT2D eigenvalue weighted by atomic mass is 16.4. The van der Waals surface area contributed by atoms with Crippen molar-refractivity contribution in [3.05, 3.63) is 0 Å². The molecule has 0 aromatic carbocycles. The summed E-state index contributed by atoms with van der Waals surface area (Å²) < 4.78 is 0. The molecule has 20 heavy (non-hydrogen) atoms. The van der Waals surface area contributed by atoms with Gasteiger partial charge in [-0.3, -0.25) is 9.59 Å². The first-order valence-electron chi connectivity index (χ1n) is 7.62. The Morgan fingerprint density at radius 3 is 2.55 bits per heavy atom. The van der Waals surface area contributed by atoms with Gasteiger partial charge in [0.05, 0.1) is 5.92 Å². The molecule has 116 valence electrons.